The number of hydrogen-bond acceptors (Lipinski definition) is 5. The fraction of sp³-hybridized carbons (Fsp3) is 0.471. The van der Waals surface area contributed by atoms with E-state index in [2.05, 4.69) is 32.3 Å². The Hall–Kier alpha value is -2.24. The summed E-state index contributed by atoms with van der Waals surface area (Å²) in [4.78, 5) is 6.81. The van der Waals surface area contributed by atoms with Crippen LogP contribution >= 0.6 is 0 Å². The molecule has 0 aliphatic carbocycles. The number of rotatable bonds is 5. The lowest BCUT2D eigenvalue weighted by Gasteiger charge is -2.30. The van der Waals surface area contributed by atoms with E-state index in [-0.39, 0.29) is 5.82 Å². The molecule has 1 aromatic heterocycles. The molecule has 122 valence electrons. The minimum absolute atomic E-state index is 0.210. The highest BCUT2D eigenvalue weighted by Gasteiger charge is 2.17. The smallest absolute Gasteiger partial charge is 0.244 e. The lowest BCUT2D eigenvalue weighted by molar-refractivity contribution is 0.436. The van der Waals surface area contributed by atoms with Crippen molar-refractivity contribution in [3.8, 4) is 0 Å². The minimum Gasteiger partial charge on any atom is -0.355 e. The Morgan fingerprint density at radius 1 is 1.22 bits per heavy atom. The van der Waals surface area contributed by atoms with Gasteiger partial charge in [-0.2, -0.15) is 10.1 Å². The Morgan fingerprint density at radius 3 is 2.70 bits per heavy atom. The SMILES string of the molecule is CC1CCN(c2cnnc(NCCc3ccc(F)cc3)n2)CC1. The van der Waals surface area contributed by atoms with Gasteiger partial charge in [0, 0.05) is 19.6 Å². The molecule has 0 bridgehead atoms. The van der Waals surface area contributed by atoms with Gasteiger partial charge in [-0.1, -0.05) is 19.1 Å². The number of halogens is 1. The van der Waals surface area contributed by atoms with Gasteiger partial charge in [0.25, 0.3) is 0 Å². The van der Waals surface area contributed by atoms with Crippen LogP contribution in [0.1, 0.15) is 25.3 Å². The van der Waals surface area contributed by atoms with Crippen molar-refractivity contribution in [1.29, 1.82) is 0 Å². The van der Waals surface area contributed by atoms with Gasteiger partial charge in [-0.3, -0.25) is 0 Å². The van der Waals surface area contributed by atoms with Crippen LogP contribution in [-0.4, -0.2) is 34.8 Å². The molecular weight excluding hydrogens is 293 g/mol. The number of aromatic nitrogens is 3. The van der Waals surface area contributed by atoms with E-state index in [4.69, 9.17) is 0 Å². The van der Waals surface area contributed by atoms with Crippen LogP contribution in [0, 0.1) is 11.7 Å². The lowest BCUT2D eigenvalue weighted by atomic mass is 9.99. The number of hydrogen-bond donors (Lipinski definition) is 1. The normalized spacial score (nSPS) is 15.7. The minimum atomic E-state index is -0.210. The van der Waals surface area contributed by atoms with Crippen LogP contribution in [0.15, 0.2) is 30.5 Å². The van der Waals surface area contributed by atoms with E-state index >= 15 is 0 Å². The molecule has 0 unspecified atom stereocenters. The van der Waals surface area contributed by atoms with E-state index in [9.17, 15) is 4.39 Å². The zero-order valence-electron chi connectivity index (χ0n) is 13.4. The van der Waals surface area contributed by atoms with E-state index in [1.807, 2.05) is 0 Å². The van der Waals surface area contributed by atoms with E-state index in [0.29, 0.717) is 12.5 Å². The van der Waals surface area contributed by atoms with Crippen LogP contribution in [0.5, 0.6) is 0 Å². The van der Waals surface area contributed by atoms with Crippen LogP contribution < -0.4 is 10.2 Å². The quantitative estimate of drug-likeness (QED) is 0.919. The molecule has 6 heteroatoms. The van der Waals surface area contributed by atoms with Crippen molar-refractivity contribution in [3.63, 3.8) is 0 Å². The monoisotopic (exact) mass is 315 g/mol. The van der Waals surface area contributed by atoms with Gasteiger partial charge < -0.3 is 10.2 Å². The first-order valence-corrected chi connectivity index (χ1v) is 8.14. The number of nitrogens with zero attached hydrogens (tertiary/aromatic N) is 4. The van der Waals surface area contributed by atoms with Crippen LogP contribution in [0.2, 0.25) is 0 Å². The van der Waals surface area contributed by atoms with E-state index in [1.165, 1.54) is 25.0 Å². The third-order valence-electron chi connectivity index (χ3n) is 4.26. The fourth-order valence-corrected chi connectivity index (χ4v) is 2.73. The van der Waals surface area contributed by atoms with Crippen molar-refractivity contribution in [2.24, 2.45) is 5.92 Å². The van der Waals surface area contributed by atoms with Gasteiger partial charge in [0.15, 0.2) is 5.82 Å². The van der Waals surface area contributed by atoms with E-state index in [0.717, 1.165) is 36.8 Å². The van der Waals surface area contributed by atoms with Crippen molar-refractivity contribution < 1.29 is 4.39 Å². The Balaban J connectivity index is 1.54. The molecule has 0 amide bonds. The second-order valence-corrected chi connectivity index (χ2v) is 6.11. The summed E-state index contributed by atoms with van der Waals surface area (Å²) in [6.07, 6.45) is 4.89. The van der Waals surface area contributed by atoms with Crippen LogP contribution in [0.3, 0.4) is 0 Å². The molecule has 0 radical (unpaired) electrons. The van der Waals surface area contributed by atoms with Gasteiger partial charge in [-0.25, -0.2) is 4.39 Å². The van der Waals surface area contributed by atoms with Crippen molar-refractivity contribution in [3.05, 3.63) is 41.8 Å². The first kappa shape index (κ1) is 15.6. The van der Waals surface area contributed by atoms with Gasteiger partial charge >= 0.3 is 0 Å². The topological polar surface area (TPSA) is 53.9 Å². The van der Waals surface area contributed by atoms with Crippen molar-refractivity contribution in [2.75, 3.05) is 29.9 Å². The Bertz CT molecular complexity index is 623. The molecular formula is C17H22FN5. The first-order valence-electron chi connectivity index (χ1n) is 8.14. The first-order chi connectivity index (χ1) is 11.2. The molecule has 0 saturated carbocycles. The highest BCUT2D eigenvalue weighted by molar-refractivity contribution is 5.40. The Morgan fingerprint density at radius 2 is 1.96 bits per heavy atom. The third-order valence-corrected chi connectivity index (χ3v) is 4.26. The maximum atomic E-state index is 12.9. The number of piperidine rings is 1. The fourth-order valence-electron chi connectivity index (χ4n) is 2.73. The standard InChI is InChI=1S/C17H22FN5/c1-13-7-10-23(11-8-13)16-12-20-22-17(21-16)19-9-6-14-2-4-15(18)5-3-14/h2-5,12-13H,6-11H2,1H3,(H,19,21,22). The van der Waals surface area contributed by atoms with Crippen LogP contribution in [-0.2, 0) is 6.42 Å². The lowest BCUT2D eigenvalue weighted by Crippen LogP contribution is -2.33. The third kappa shape index (κ3) is 4.37. The molecule has 23 heavy (non-hydrogen) atoms. The van der Waals surface area contributed by atoms with Gasteiger partial charge in [-0.05, 0) is 42.9 Å². The average Bonchev–Trinajstić information content (AvgIpc) is 2.58. The predicted molar refractivity (Wildman–Crippen MR) is 89.0 cm³/mol. The summed E-state index contributed by atoms with van der Waals surface area (Å²) >= 11 is 0. The van der Waals surface area contributed by atoms with Gasteiger partial charge in [-0.15, -0.1) is 5.10 Å². The molecule has 1 aliphatic heterocycles. The molecule has 3 rings (SSSR count). The van der Waals surface area contributed by atoms with Gasteiger partial charge in [0.2, 0.25) is 5.95 Å². The summed E-state index contributed by atoms with van der Waals surface area (Å²) in [5.74, 6) is 2.01. The second-order valence-electron chi connectivity index (χ2n) is 6.11. The molecule has 1 aromatic carbocycles. The highest BCUT2D eigenvalue weighted by Crippen LogP contribution is 2.21. The molecule has 1 N–H and O–H groups in total. The van der Waals surface area contributed by atoms with Gasteiger partial charge in [0.05, 0.1) is 6.20 Å². The maximum absolute atomic E-state index is 12.9. The average molecular weight is 315 g/mol. The predicted octanol–water partition coefficient (Wildman–Crippen LogP) is 2.90. The molecule has 1 aliphatic rings. The van der Waals surface area contributed by atoms with E-state index < -0.39 is 0 Å². The largest absolute Gasteiger partial charge is 0.355 e. The number of benzene rings is 1. The molecule has 1 saturated heterocycles. The molecule has 0 atom stereocenters. The highest BCUT2D eigenvalue weighted by atomic mass is 19.1. The summed E-state index contributed by atoms with van der Waals surface area (Å²) in [5, 5.41) is 11.3. The second kappa shape index (κ2) is 7.35. The van der Waals surface area contributed by atoms with Crippen LogP contribution in [0.4, 0.5) is 16.2 Å². The van der Waals surface area contributed by atoms with Gasteiger partial charge in [0.1, 0.15) is 5.82 Å². The summed E-state index contributed by atoms with van der Waals surface area (Å²) in [7, 11) is 0. The van der Waals surface area contributed by atoms with Crippen molar-refractivity contribution in [2.45, 2.75) is 26.2 Å². The zero-order chi connectivity index (χ0) is 16.1. The van der Waals surface area contributed by atoms with E-state index in [1.54, 1.807) is 18.3 Å². The van der Waals surface area contributed by atoms with Crippen molar-refractivity contribution >= 4 is 11.8 Å². The summed E-state index contributed by atoms with van der Waals surface area (Å²) in [6.45, 7) is 5.02. The summed E-state index contributed by atoms with van der Waals surface area (Å²) < 4.78 is 12.9. The molecule has 5 nitrogen and oxygen atoms in total. The van der Waals surface area contributed by atoms with Crippen molar-refractivity contribution in [1.82, 2.24) is 15.2 Å². The Kier molecular flexibility index (Phi) is 5.00. The maximum Gasteiger partial charge on any atom is 0.244 e. The molecule has 2 aromatic rings. The number of nitrogens with one attached hydrogen (secondary N) is 1. The summed E-state index contributed by atoms with van der Waals surface area (Å²) in [5.41, 5.74) is 1.08. The molecule has 1 fully saturated rings. The number of anilines is 2. The van der Waals surface area contributed by atoms with Crippen LogP contribution in [0.25, 0.3) is 0 Å². The Labute approximate surface area is 136 Å². The molecule has 2 heterocycles. The zero-order valence-corrected chi connectivity index (χ0v) is 13.4. The summed E-state index contributed by atoms with van der Waals surface area (Å²) in [6, 6.07) is 6.54. The molecule has 0 spiro atoms.